The fourth-order valence-electron chi connectivity index (χ4n) is 2.89. The Bertz CT molecular complexity index is 1280. The standard InChI is InChI=1S/C21H14N4O2S/c26-20(17-12-22-14-5-1-2-6-15(14)24-17)23-11-13-9-10-18(27-13)21-25-16-7-3-4-8-19(16)28-21/h1-10,12H,11H2,(H,23,26). The molecular weight excluding hydrogens is 372 g/mol. The van der Waals surface area contributed by atoms with Gasteiger partial charge in [-0.15, -0.1) is 11.3 Å². The molecule has 3 aromatic heterocycles. The Balaban J connectivity index is 1.30. The van der Waals surface area contributed by atoms with Crippen molar-refractivity contribution >= 4 is 38.5 Å². The van der Waals surface area contributed by atoms with E-state index in [9.17, 15) is 4.79 Å². The highest BCUT2D eigenvalue weighted by atomic mass is 32.1. The van der Waals surface area contributed by atoms with Crippen LogP contribution in [0.5, 0.6) is 0 Å². The molecule has 0 unspecified atom stereocenters. The predicted octanol–water partition coefficient (Wildman–Crippen LogP) is 4.43. The number of amides is 1. The quantitative estimate of drug-likeness (QED) is 0.494. The van der Waals surface area contributed by atoms with Gasteiger partial charge in [0, 0.05) is 0 Å². The highest BCUT2D eigenvalue weighted by Crippen LogP contribution is 2.31. The average Bonchev–Trinajstić information content (AvgIpc) is 3.38. The summed E-state index contributed by atoms with van der Waals surface area (Å²) in [6.07, 6.45) is 1.48. The van der Waals surface area contributed by atoms with Crippen LogP contribution in [-0.2, 0) is 6.54 Å². The van der Waals surface area contributed by atoms with Crippen LogP contribution in [0.15, 0.2) is 71.3 Å². The maximum Gasteiger partial charge on any atom is 0.271 e. The second-order valence-corrected chi connectivity index (χ2v) is 7.21. The van der Waals surface area contributed by atoms with Gasteiger partial charge < -0.3 is 9.73 Å². The molecule has 0 aliphatic carbocycles. The molecule has 0 saturated heterocycles. The number of benzene rings is 2. The maximum absolute atomic E-state index is 12.4. The zero-order valence-corrected chi connectivity index (χ0v) is 15.4. The molecule has 2 aromatic carbocycles. The molecule has 0 spiro atoms. The third-order valence-corrected chi connectivity index (χ3v) is 5.32. The van der Waals surface area contributed by atoms with Crippen molar-refractivity contribution in [2.24, 2.45) is 0 Å². The van der Waals surface area contributed by atoms with Crippen molar-refractivity contribution in [3.05, 3.63) is 78.3 Å². The largest absolute Gasteiger partial charge is 0.457 e. The predicted molar refractivity (Wildman–Crippen MR) is 108 cm³/mol. The minimum atomic E-state index is -0.295. The summed E-state index contributed by atoms with van der Waals surface area (Å²) in [4.78, 5) is 25.6. The van der Waals surface area contributed by atoms with Crippen LogP contribution in [0, 0.1) is 0 Å². The summed E-state index contributed by atoms with van der Waals surface area (Å²) in [6.45, 7) is 0.262. The summed E-state index contributed by atoms with van der Waals surface area (Å²) in [6, 6.07) is 19.1. The Morgan fingerprint density at radius 3 is 2.57 bits per heavy atom. The first kappa shape index (κ1) is 16.6. The third kappa shape index (κ3) is 3.12. The number of nitrogens with one attached hydrogen (secondary N) is 1. The topological polar surface area (TPSA) is 80.9 Å². The fourth-order valence-corrected chi connectivity index (χ4v) is 3.82. The van der Waals surface area contributed by atoms with Gasteiger partial charge in [-0.3, -0.25) is 9.78 Å². The lowest BCUT2D eigenvalue weighted by atomic mass is 10.3. The van der Waals surface area contributed by atoms with Crippen molar-refractivity contribution in [1.29, 1.82) is 0 Å². The normalized spacial score (nSPS) is 11.1. The van der Waals surface area contributed by atoms with Gasteiger partial charge in [0.2, 0.25) is 0 Å². The molecule has 1 N–H and O–H groups in total. The fraction of sp³-hybridized carbons (Fsp3) is 0.0476. The Kier molecular flexibility index (Phi) is 4.06. The Labute approximate surface area is 163 Å². The van der Waals surface area contributed by atoms with Crippen molar-refractivity contribution in [3.63, 3.8) is 0 Å². The van der Waals surface area contributed by atoms with Crippen LogP contribution in [0.3, 0.4) is 0 Å². The molecule has 136 valence electrons. The van der Waals surface area contributed by atoms with Gasteiger partial charge in [-0.05, 0) is 36.4 Å². The van der Waals surface area contributed by atoms with E-state index in [4.69, 9.17) is 4.42 Å². The molecule has 0 radical (unpaired) electrons. The molecule has 0 fully saturated rings. The number of aromatic nitrogens is 3. The summed E-state index contributed by atoms with van der Waals surface area (Å²) in [5.41, 5.74) is 2.66. The molecule has 1 amide bonds. The molecule has 0 saturated carbocycles. The number of fused-ring (bicyclic) bond motifs is 2. The van der Waals surface area contributed by atoms with E-state index in [2.05, 4.69) is 20.3 Å². The molecule has 0 aliphatic rings. The van der Waals surface area contributed by atoms with Crippen LogP contribution in [0.25, 0.3) is 32.0 Å². The van der Waals surface area contributed by atoms with Crippen molar-refractivity contribution in [2.75, 3.05) is 0 Å². The molecule has 6 nitrogen and oxygen atoms in total. The van der Waals surface area contributed by atoms with E-state index in [0.29, 0.717) is 17.0 Å². The third-order valence-electron chi connectivity index (χ3n) is 4.27. The molecule has 0 atom stereocenters. The monoisotopic (exact) mass is 386 g/mol. The van der Waals surface area contributed by atoms with Crippen molar-refractivity contribution < 1.29 is 9.21 Å². The minimum Gasteiger partial charge on any atom is -0.457 e. The van der Waals surface area contributed by atoms with E-state index >= 15 is 0 Å². The number of nitrogens with zero attached hydrogens (tertiary/aromatic N) is 3. The van der Waals surface area contributed by atoms with E-state index in [1.54, 1.807) is 11.3 Å². The summed E-state index contributed by atoms with van der Waals surface area (Å²) in [5, 5.41) is 3.64. The van der Waals surface area contributed by atoms with Gasteiger partial charge in [-0.1, -0.05) is 24.3 Å². The Hall–Kier alpha value is -3.58. The second-order valence-electron chi connectivity index (χ2n) is 6.18. The average molecular weight is 386 g/mol. The highest BCUT2D eigenvalue weighted by Gasteiger charge is 2.13. The first-order valence-electron chi connectivity index (χ1n) is 8.71. The molecule has 3 heterocycles. The summed E-state index contributed by atoms with van der Waals surface area (Å²) >= 11 is 1.58. The van der Waals surface area contributed by atoms with E-state index in [1.807, 2.05) is 60.7 Å². The van der Waals surface area contributed by atoms with E-state index < -0.39 is 0 Å². The lowest BCUT2D eigenvalue weighted by Crippen LogP contribution is -2.23. The van der Waals surface area contributed by atoms with Crippen molar-refractivity contribution in [3.8, 4) is 10.8 Å². The number of thiazole rings is 1. The van der Waals surface area contributed by atoms with Gasteiger partial charge in [0.15, 0.2) is 10.8 Å². The van der Waals surface area contributed by atoms with Gasteiger partial charge in [-0.2, -0.15) is 0 Å². The van der Waals surface area contributed by atoms with E-state index in [0.717, 1.165) is 20.7 Å². The first-order valence-corrected chi connectivity index (χ1v) is 9.52. The number of furan rings is 1. The summed E-state index contributed by atoms with van der Waals surface area (Å²) in [5.74, 6) is 1.04. The van der Waals surface area contributed by atoms with Crippen LogP contribution < -0.4 is 5.32 Å². The van der Waals surface area contributed by atoms with Gasteiger partial charge in [-0.25, -0.2) is 9.97 Å². The molecular formula is C21H14N4O2S. The SMILES string of the molecule is O=C(NCc1ccc(-c2nc3ccccc3s2)o1)c1cnc2ccccc2n1. The van der Waals surface area contributed by atoms with E-state index in [-0.39, 0.29) is 18.1 Å². The lowest BCUT2D eigenvalue weighted by molar-refractivity contribution is 0.0943. The second kappa shape index (κ2) is 6.86. The molecule has 5 rings (SSSR count). The Morgan fingerprint density at radius 1 is 0.929 bits per heavy atom. The lowest BCUT2D eigenvalue weighted by Gasteiger charge is -2.03. The maximum atomic E-state index is 12.4. The number of carbonyl (C=O) groups is 1. The van der Waals surface area contributed by atoms with Crippen LogP contribution in [0.1, 0.15) is 16.2 Å². The van der Waals surface area contributed by atoms with Crippen molar-refractivity contribution in [1.82, 2.24) is 20.3 Å². The van der Waals surface area contributed by atoms with Crippen molar-refractivity contribution in [2.45, 2.75) is 6.54 Å². The number of para-hydroxylation sites is 3. The zero-order chi connectivity index (χ0) is 18.9. The number of carbonyl (C=O) groups excluding carboxylic acids is 1. The smallest absolute Gasteiger partial charge is 0.271 e. The molecule has 5 aromatic rings. The molecule has 0 bridgehead atoms. The van der Waals surface area contributed by atoms with Gasteiger partial charge >= 0.3 is 0 Å². The molecule has 28 heavy (non-hydrogen) atoms. The summed E-state index contributed by atoms with van der Waals surface area (Å²) in [7, 11) is 0. The van der Waals surface area contributed by atoms with E-state index in [1.165, 1.54) is 6.20 Å². The zero-order valence-electron chi connectivity index (χ0n) is 14.6. The van der Waals surface area contributed by atoms with Crippen LogP contribution in [0.4, 0.5) is 0 Å². The molecule has 0 aliphatic heterocycles. The minimum absolute atomic E-state index is 0.262. The number of rotatable bonds is 4. The Morgan fingerprint density at radius 2 is 1.71 bits per heavy atom. The molecule has 7 heteroatoms. The number of hydrogen-bond acceptors (Lipinski definition) is 6. The van der Waals surface area contributed by atoms with Crippen LogP contribution in [-0.4, -0.2) is 20.9 Å². The first-order chi connectivity index (χ1) is 13.8. The van der Waals surface area contributed by atoms with Gasteiger partial charge in [0.25, 0.3) is 5.91 Å². The van der Waals surface area contributed by atoms with Gasteiger partial charge in [0.05, 0.1) is 34.0 Å². The summed E-state index contributed by atoms with van der Waals surface area (Å²) < 4.78 is 6.96. The van der Waals surface area contributed by atoms with Gasteiger partial charge in [0.1, 0.15) is 11.5 Å². The highest BCUT2D eigenvalue weighted by molar-refractivity contribution is 7.21. The van der Waals surface area contributed by atoms with Crippen LogP contribution in [0.2, 0.25) is 0 Å². The number of hydrogen-bond donors (Lipinski definition) is 1. The van der Waals surface area contributed by atoms with Crippen LogP contribution >= 0.6 is 11.3 Å².